The van der Waals surface area contributed by atoms with E-state index in [0.29, 0.717) is 13.1 Å². The molecule has 1 amide bonds. The Morgan fingerprint density at radius 2 is 2.04 bits per heavy atom. The number of benzene rings is 1. The van der Waals surface area contributed by atoms with Crippen molar-refractivity contribution in [2.75, 3.05) is 13.1 Å². The minimum absolute atomic E-state index is 0.0140. The zero-order chi connectivity index (χ0) is 19.5. The van der Waals surface area contributed by atoms with Gasteiger partial charge in [-0.25, -0.2) is 9.67 Å². The van der Waals surface area contributed by atoms with Crippen LogP contribution in [0, 0.1) is 0 Å². The number of carbonyl (C=O) groups is 1. The van der Waals surface area contributed by atoms with E-state index in [4.69, 9.17) is 0 Å². The molecule has 0 unspecified atom stereocenters. The first kappa shape index (κ1) is 18.4. The Morgan fingerprint density at radius 1 is 1.21 bits per heavy atom. The molecule has 3 heterocycles. The molecular formula is C20H25N7O. The number of rotatable bonds is 6. The van der Waals surface area contributed by atoms with Gasteiger partial charge in [-0.15, -0.1) is 5.10 Å². The van der Waals surface area contributed by atoms with Gasteiger partial charge in [0.2, 0.25) is 5.91 Å². The topological polar surface area (TPSA) is 80.9 Å². The van der Waals surface area contributed by atoms with Crippen LogP contribution < -0.4 is 5.32 Å². The molecule has 1 saturated heterocycles. The van der Waals surface area contributed by atoms with Gasteiger partial charge in [-0.3, -0.25) is 9.69 Å². The number of imidazole rings is 1. The summed E-state index contributed by atoms with van der Waals surface area (Å²) in [6.45, 7) is 4.56. The molecule has 0 aliphatic carbocycles. The second-order valence-electron chi connectivity index (χ2n) is 7.40. The number of hydrogen-bond acceptors (Lipinski definition) is 5. The lowest BCUT2D eigenvalue weighted by Crippen LogP contribution is -2.39. The number of likely N-dealkylation sites (tertiary alicyclic amines) is 1. The first-order chi connectivity index (χ1) is 13.6. The molecule has 3 aromatic rings. The lowest BCUT2D eigenvalue weighted by molar-refractivity contribution is -0.119. The number of nitrogens with zero attached hydrogens (tertiary/aromatic N) is 6. The quantitative estimate of drug-likeness (QED) is 0.695. The molecule has 146 valence electrons. The molecule has 1 aliphatic rings. The highest BCUT2D eigenvalue weighted by atomic mass is 16.1. The van der Waals surface area contributed by atoms with Gasteiger partial charge in [0.05, 0.1) is 30.4 Å². The number of hydrogen-bond donors (Lipinski definition) is 1. The van der Waals surface area contributed by atoms with Crippen LogP contribution in [0.25, 0.3) is 0 Å². The Bertz CT molecular complexity index is 933. The summed E-state index contributed by atoms with van der Waals surface area (Å²) in [4.78, 5) is 18.5. The first-order valence-corrected chi connectivity index (χ1v) is 9.48. The highest BCUT2D eigenvalue weighted by Gasteiger charge is 2.36. The Labute approximate surface area is 164 Å². The highest BCUT2D eigenvalue weighted by Crippen LogP contribution is 2.27. The van der Waals surface area contributed by atoms with Gasteiger partial charge in [0.1, 0.15) is 5.82 Å². The fourth-order valence-electron chi connectivity index (χ4n) is 3.91. The highest BCUT2D eigenvalue weighted by molar-refractivity contribution is 5.73. The molecule has 8 heteroatoms. The largest absolute Gasteiger partial charge is 0.352 e. The molecule has 1 aliphatic heterocycles. The van der Waals surface area contributed by atoms with Crippen molar-refractivity contribution in [3.63, 3.8) is 0 Å². The van der Waals surface area contributed by atoms with E-state index in [9.17, 15) is 4.79 Å². The van der Waals surface area contributed by atoms with Crippen molar-refractivity contribution in [1.29, 1.82) is 0 Å². The molecule has 0 bridgehead atoms. The summed E-state index contributed by atoms with van der Waals surface area (Å²) in [7, 11) is 1.99. The number of carbonyl (C=O) groups excluding carboxylic acids is 1. The maximum absolute atomic E-state index is 11.7. The van der Waals surface area contributed by atoms with Gasteiger partial charge in [0.25, 0.3) is 0 Å². The molecule has 28 heavy (non-hydrogen) atoms. The summed E-state index contributed by atoms with van der Waals surface area (Å²) in [5, 5.41) is 11.7. The molecule has 1 aromatic carbocycles. The van der Waals surface area contributed by atoms with Gasteiger partial charge < -0.3 is 9.88 Å². The molecule has 1 N–H and O–H groups in total. The van der Waals surface area contributed by atoms with Gasteiger partial charge in [-0.1, -0.05) is 35.5 Å². The number of aromatic nitrogens is 5. The second kappa shape index (κ2) is 7.93. The summed E-state index contributed by atoms with van der Waals surface area (Å²) < 4.78 is 3.89. The van der Waals surface area contributed by atoms with Gasteiger partial charge >= 0.3 is 0 Å². The van der Waals surface area contributed by atoms with Crippen molar-refractivity contribution in [1.82, 2.24) is 34.8 Å². The third-order valence-corrected chi connectivity index (χ3v) is 5.13. The Balaban J connectivity index is 1.43. The van der Waals surface area contributed by atoms with E-state index in [1.54, 1.807) is 13.1 Å². The molecular weight excluding hydrogens is 354 g/mol. The van der Waals surface area contributed by atoms with Gasteiger partial charge in [0.15, 0.2) is 0 Å². The minimum atomic E-state index is -0.0140. The maximum atomic E-state index is 11.7. The fourth-order valence-corrected chi connectivity index (χ4v) is 3.91. The zero-order valence-corrected chi connectivity index (χ0v) is 16.2. The number of amides is 1. The van der Waals surface area contributed by atoms with E-state index < -0.39 is 0 Å². The van der Waals surface area contributed by atoms with Crippen LogP contribution in [-0.4, -0.2) is 54.5 Å². The van der Waals surface area contributed by atoms with Crippen LogP contribution in [0.1, 0.15) is 29.9 Å². The molecule has 2 atom stereocenters. The Kier molecular flexibility index (Phi) is 5.21. The van der Waals surface area contributed by atoms with Gasteiger partial charge in [0, 0.05) is 46.0 Å². The SMILES string of the molecule is CC(=O)N[C@@H]1CN(Cc2cn(Cc3ccccc3)nn2)C[C@H]1c1nccn1C. The molecule has 0 spiro atoms. The van der Waals surface area contributed by atoms with Crippen LogP contribution >= 0.6 is 0 Å². The van der Waals surface area contributed by atoms with Crippen molar-refractivity contribution >= 4 is 5.91 Å². The number of aryl methyl sites for hydroxylation is 1. The third kappa shape index (κ3) is 4.12. The van der Waals surface area contributed by atoms with E-state index in [-0.39, 0.29) is 17.9 Å². The van der Waals surface area contributed by atoms with Crippen LogP contribution in [-0.2, 0) is 24.9 Å². The first-order valence-electron chi connectivity index (χ1n) is 9.48. The third-order valence-electron chi connectivity index (χ3n) is 5.13. The molecule has 1 fully saturated rings. The Hall–Kier alpha value is -3.00. The average Bonchev–Trinajstić information content (AvgIpc) is 3.37. The van der Waals surface area contributed by atoms with Crippen LogP contribution in [0.15, 0.2) is 48.9 Å². The van der Waals surface area contributed by atoms with Crippen molar-refractivity contribution in [2.45, 2.75) is 32.0 Å². The number of nitrogens with one attached hydrogen (secondary N) is 1. The maximum Gasteiger partial charge on any atom is 0.217 e. The fraction of sp³-hybridized carbons (Fsp3) is 0.400. The summed E-state index contributed by atoms with van der Waals surface area (Å²) in [5.41, 5.74) is 2.12. The van der Waals surface area contributed by atoms with E-state index in [0.717, 1.165) is 24.6 Å². The predicted octanol–water partition coefficient (Wildman–Crippen LogP) is 1.16. The van der Waals surface area contributed by atoms with E-state index >= 15 is 0 Å². The summed E-state index contributed by atoms with van der Waals surface area (Å²) in [6, 6.07) is 10.3. The summed E-state index contributed by atoms with van der Waals surface area (Å²) >= 11 is 0. The normalized spacial score (nSPS) is 19.8. The summed E-state index contributed by atoms with van der Waals surface area (Å²) in [5.74, 6) is 1.14. The van der Waals surface area contributed by atoms with E-state index in [2.05, 4.69) is 37.6 Å². The van der Waals surface area contributed by atoms with Crippen molar-refractivity contribution in [3.8, 4) is 0 Å². The van der Waals surface area contributed by atoms with Crippen molar-refractivity contribution in [2.24, 2.45) is 7.05 Å². The second-order valence-corrected chi connectivity index (χ2v) is 7.40. The smallest absolute Gasteiger partial charge is 0.217 e. The molecule has 0 saturated carbocycles. The van der Waals surface area contributed by atoms with Crippen LogP contribution in [0.3, 0.4) is 0 Å². The van der Waals surface area contributed by atoms with E-state index in [1.807, 2.05) is 46.9 Å². The van der Waals surface area contributed by atoms with Crippen molar-refractivity contribution in [3.05, 3.63) is 66.0 Å². The molecule has 2 aromatic heterocycles. The van der Waals surface area contributed by atoms with Crippen LogP contribution in [0.5, 0.6) is 0 Å². The molecule has 8 nitrogen and oxygen atoms in total. The molecule has 0 radical (unpaired) electrons. The van der Waals surface area contributed by atoms with E-state index in [1.165, 1.54) is 5.56 Å². The zero-order valence-electron chi connectivity index (χ0n) is 16.2. The summed E-state index contributed by atoms with van der Waals surface area (Å²) in [6.07, 6.45) is 5.74. The minimum Gasteiger partial charge on any atom is -0.352 e. The van der Waals surface area contributed by atoms with Gasteiger partial charge in [-0.05, 0) is 5.56 Å². The standard InChI is InChI=1S/C20H25N7O/c1-15(28)22-19-14-26(13-18(19)20-21-8-9-25(20)2)11-17-12-27(24-23-17)10-16-6-4-3-5-7-16/h3-9,12,18-19H,10-11,13-14H2,1-2H3,(H,22,28)/t18-,19-/m1/s1. The lowest BCUT2D eigenvalue weighted by atomic mass is 10.0. The monoisotopic (exact) mass is 379 g/mol. The molecule has 4 rings (SSSR count). The predicted molar refractivity (Wildman–Crippen MR) is 104 cm³/mol. The lowest BCUT2D eigenvalue weighted by Gasteiger charge is -2.18. The van der Waals surface area contributed by atoms with Crippen molar-refractivity contribution < 1.29 is 4.79 Å². The average molecular weight is 379 g/mol. The Morgan fingerprint density at radius 3 is 2.75 bits per heavy atom. The van der Waals surface area contributed by atoms with Crippen LogP contribution in [0.2, 0.25) is 0 Å². The van der Waals surface area contributed by atoms with Crippen LogP contribution in [0.4, 0.5) is 0 Å². The van der Waals surface area contributed by atoms with Gasteiger partial charge in [-0.2, -0.15) is 0 Å².